The first-order valence-electron chi connectivity index (χ1n) is 7.74. The number of rotatable bonds is 2. The Labute approximate surface area is 137 Å². The van der Waals surface area contributed by atoms with E-state index in [1.807, 2.05) is 20.8 Å². The number of nitrogens with zero attached hydrogens (tertiary/aromatic N) is 1. The predicted molar refractivity (Wildman–Crippen MR) is 85.9 cm³/mol. The number of nitrogens with one attached hydrogen (secondary N) is 3. The Hall–Kier alpha value is -1.29. The van der Waals surface area contributed by atoms with Gasteiger partial charge in [-0.1, -0.05) is 18.7 Å². The topological polar surface area (TPSA) is 97.5 Å². The van der Waals surface area contributed by atoms with Crippen molar-refractivity contribution >= 4 is 23.3 Å². The number of anilines is 2. The average Bonchev–Trinajstić information content (AvgIpc) is 2.80. The fourth-order valence-electron chi connectivity index (χ4n) is 3.26. The summed E-state index contributed by atoms with van der Waals surface area (Å²) in [7, 11) is 0. The molecule has 0 bridgehead atoms. The van der Waals surface area contributed by atoms with Crippen molar-refractivity contribution in [2.24, 2.45) is 0 Å². The van der Waals surface area contributed by atoms with Crippen LogP contribution in [-0.2, 0) is 14.2 Å². The largest absolute Gasteiger partial charge is 0.368 e. The summed E-state index contributed by atoms with van der Waals surface area (Å²) in [6.07, 6.45) is -0.646. The number of H-pyrrole nitrogens is 1. The summed E-state index contributed by atoms with van der Waals surface area (Å²) in [5.41, 5.74) is 0.224. The first kappa shape index (κ1) is 15.3. The Morgan fingerprint density at radius 2 is 2.17 bits per heavy atom. The molecule has 23 heavy (non-hydrogen) atoms. The van der Waals surface area contributed by atoms with Crippen LogP contribution in [0.15, 0.2) is 9.95 Å². The standard InChI is InChI=1S/C14H20N4O4S/c1-4-23-13-17-10-8(11(19)18-13)15-7-9-6(5-20-12(7)16-10)21-14(2,3)22-9/h6-7,9,12,15H,4-5H2,1-3H3,(H2,16,17,18,19)/t6-,7?,9-,12?/m1/s1. The minimum Gasteiger partial charge on any atom is -0.368 e. The fourth-order valence-corrected chi connectivity index (χ4v) is 3.85. The molecule has 3 N–H and O–H groups in total. The molecule has 126 valence electrons. The van der Waals surface area contributed by atoms with Crippen LogP contribution in [-0.4, -0.2) is 52.6 Å². The van der Waals surface area contributed by atoms with Gasteiger partial charge in [-0.3, -0.25) is 9.78 Å². The van der Waals surface area contributed by atoms with Crippen LogP contribution < -0.4 is 16.2 Å². The lowest BCUT2D eigenvalue weighted by atomic mass is 9.99. The third kappa shape index (κ3) is 2.61. The maximum atomic E-state index is 12.3. The highest BCUT2D eigenvalue weighted by molar-refractivity contribution is 7.99. The molecule has 0 saturated carbocycles. The van der Waals surface area contributed by atoms with Gasteiger partial charge in [0.2, 0.25) is 0 Å². The van der Waals surface area contributed by atoms with Crippen molar-refractivity contribution < 1.29 is 14.2 Å². The highest BCUT2D eigenvalue weighted by Gasteiger charge is 2.52. The van der Waals surface area contributed by atoms with Crippen LogP contribution in [0.5, 0.6) is 0 Å². The summed E-state index contributed by atoms with van der Waals surface area (Å²) in [6, 6.07) is -0.212. The molecule has 0 amide bonds. The van der Waals surface area contributed by atoms with Crippen molar-refractivity contribution in [3.63, 3.8) is 0 Å². The molecule has 0 aromatic carbocycles. The summed E-state index contributed by atoms with van der Waals surface area (Å²) in [5, 5.41) is 7.05. The van der Waals surface area contributed by atoms with Crippen molar-refractivity contribution in [1.82, 2.24) is 9.97 Å². The van der Waals surface area contributed by atoms with Crippen molar-refractivity contribution in [2.75, 3.05) is 23.0 Å². The quantitative estimate of drug-likeness (QED) is 0.541. The minimum absolute atomic E-state index is 0.149. The van der Waals surface area contributed by atoms with Gasteiger partial charge in [-0.2, -0.15) is 0 Å². The van der Waals surface area contributed by atoms with Crippen LogP contribution in [0.3, 0.4) is 0 Å². The van der Waals surface area contributed by atoms with E-state index >= 15 is 0 Å². The molecule has 9 heteroatoms. The number of thioether (sulfide) groups is 1. The van der Waals surface area contributed by atoms with Crippen LogP contribution in [0.4, 0.5) is 11.5 Å². The maximum Gasteiger partial charge on any atom is 0.277 e. The molecule has 1 aromatic rings. The molecule has 3 aliphatic heterocycles. The normalized spacial score (nSPS) is 33.9. The molecule has 8 nitrogen and oxygen atoms in total. The molecule has 4 rings (SSSR count). The Kier molecular flexibility index (Phi) is 3.56. The molecule has 2 fully saturated rings. The van der Waals surface area contributed by atoms with Gasteiger partial charge in [-0.15, -0.1) is 0 Å². The van der Waals surface area contributed by atoms with Crippen LogP contribution in [0, 0.1) is 0 Å². The molecule has 0 radical (unpaired) electrons. The molecule has 2 saturated heterocycles. The van der Waals surface area contributed by atoms with Gasteiger partial charge in [0.1, 0.15) is 23.9 Å². The second kappa shape index (κ2) is 5.37. The fraction of sp³-hybridized carbons (Fsp3) is 0.714. The van der Waals surface area contributed by atoms with E-state index in [2.05, 4.69) is 20.6 Å². The van der Waals surface area contributed by atoms with E-state index in [-0.39, 0.29) is 30.0 Å². The van der Waals surface area contributed by atoms with E-state index < -0.39 is 5.79 Å². The van der Waals surface area contributed by atoms with Crippen LogP contribution >= 0.6 is 11.8 Å². The molecule has 0 spiro atoms. The van der Waals surface area contributed by atoms with E-state index in [0.717, 1.165) is 5.75 Å². The van der Waals surface area contributed by atoms with E-state index in [1.54, 1.807) is 0 Å². The predicted octanol–water partition coefficient (Wildman–Crippen LogP) is 0.964. The lowest BCUT2D eigenvalue weighted by Gasteiger charge is -2.42. The second-order valence-electron chi connectivity index (χ2n) is 6.23. The third-order valence-corrected chi connectivity index (χ3v) is 4.87. The highest BCUT2D eigenvalue weighted by Crippen LogP contribution is 2.38. The van der Waals surface area contributed by atoms with Crippen LogP contribution in [0.2, 0.25) is 0 Å². The zero-order valence-corrected chi connectivity index (χ0v) is 14.0. The Morgan fingerprint density at radius 1 is 1.35 bits per heavy atom. The molecule has 4 heterocycles. The maximum absolute atomic E-state index is 12.3. The molecular weight excluding hydrogens is 320 g/mol. The number of aromatic nitrogens is 2. The van der Waals surface area contributed by atoms with Gasteiger partial charge in [-0.05, 0) is 19.6 Å². The van der Waals surface area contributed by atoms with Crippen molar-refractivity contribution in [1.29, 1.82) is 0 Å². The smallest absolute Gasteiger partial charge is 0.277 e. The molecule has 4 atom stereocenters. The number of ether oxygens (including phenoxy) is 3. The molecular formula is C14H20N4O4S. The number of aromatic amines is 1. The summed E-state index contributed by atoms with van der Waals surface area (Å²) in [4.78, 5) is 19.6. The number of hydrogen-bond donors (Lipinski definition) is 3. The van der Waals surface area contributed by atoms with E-state index in [1.165, 1.54) is 11.8 Å². The van der Waals surface area contributed by atoms with Crippen molar-refractivity contribution in [2.45, 2.75) is 56.2 Å². The van der Waals surface area contributed by atoms with Crippen LogP contribution in [0.1, 0.15) is 20.8 Å². The summed E-state index contributed by atoms with van der Waals surface area (Å²) in [6.45, 7) is 6.22. The van der Waals surface area contributed by atoms with Crippen molar-refractivity contribution in [3.05, 3.63) is 10.4 Å². The SMILES string of the molecule is CCSc1nc2c(c(=O)[nH]1)NC1C(N2)OC[C@H]2OC(C)(C)O[C@@H]12. The van der Waals surface area contributed by atoms with Gasteiger partial charge < -0.3 is 24.8 Å². The second-order valence-corrected chi connectivity index (χ2v) is 7.49. The summed E-state index contributed by atoms with van der Waals surface area (Å²) in [5.74, 6) is 0.700. The Balaban J connectivity index is 1.65. The molecule has 1 aromatic heterocycles. The van der Waals surface area contributed by atoms with E-state index in [4.69, 9.17) is 14.2 Å². The monoisotopic (exact) mass is 340 g/mol. The van der Waals surface area contributed by atoms with Gasteiger partial charge in [0.15, 0.2) is 23.0 Å². The van der Waals surface area contributed by atoms with E-state index in [0.29, 0.717) is 23.3 Å². The third-order valence-electron chi connectivity index (χ3n) is 4.11. The first-order chi connectivity index (χ1) is 11.0. The summed E-state index contributed by atoms with van der Waals surface area (Å²) >= 11 is 1.49. The molecule has 0 aliphatic carbocycles. The highest BCUT2D eigenvalue weighted by atomic mass is 32.2. The lowest BCUT2D eigenvalue weighted by Crippen LogP contribution is -2.60. The number of hydrogen-bond acceptors (Lipinski definition) is 8. The van der Waals surface area contributed by atoms with Gasteiger partial charge in [-0.25, -0.2) is 4.98 Å². The molecule has 2 unspecified atom stereocenters. The lowest BCUT2D eigenvalue weighted by molar-refractivity contribution is -0.146. The van der Waals surface area contributed by atoms with Gasteiger partial charge >= 0.3 is 0 Å². The van der Waals surface area contributed by atoms with Gasteiger partial charge in [0.05, 0.1) is 6.61 Å². The molecule has 3 aliphatic rings. The Bertz CT molecular complexity index is 679. The zero-order valence-electron chi connectivity index (χ0n) is 13.2. The number of fused-ring (bicyclic) bond motifs is 4. The van der Waals surface area contributed by atoms with Crippen LogP contribution in [0.25, 0.3) is 0 Å². The summed E-state index contributed by atoms with van der Waals surface area (Å²) < 4.78 is 17.7. The Morgan fingerprint density at radius 3 is 2.96 bits per heavy atom. The first-order valence-corrected chi connectivity index (χ1v) is 8.73. The van der Waals surface area contributed by atoms with Crippen molar-refractivity contribution in [3.8, 4) is 0 Å². The average molecular weight is 340 g/mol. The minimum atomic E-state index is -0.651. The van der Waals surface area contributed by atoms with E-state index in [9.17, 15) is 4.79 Å². The van der Waals surface area contributed by atoms with Gasteiger partial charge in [0, 0.05) is 0 Å². The zero-order chi connectivity index (χ0) is 16.2. The van der Waals surface area contributed by atoms with Gasteiger partial charge in [0.25, 0.3) is 5.56 Å².